The molecule has 8 heteroatoms. The van der Waals surface area contributed by atoms with E-state index in [1.807, 2.05) is 19.9 Å². The molecular weight excluding hydrogens is 420 g/mol. The maximum absolute atomic E-state index is 13.1. The van der Waals surface area contributed by atoms with Gasteiger partial charge in [0.1, 0.15) is 12.2 Å². The molecule has 1 saturated heterocycles. The number of nitrogens with zero attached hydrogens (tertiary/aromatic N) is 1. The van der Waals surface area contributed by atoms with Gasteiger partial charge in [-0.15, -0.1) is 6.42 Å². The fraction of sp³-hybridized carbons (Fsp3) is 0.174. The van der Waals surface area contributed by atoms with Crippen molar-refractivity contribution in [1.29, 1.82) is 0 Å². The lowest BCUT2D eigenvalue weighted by atomic mass is 10.0. The number of urea groups is 1. The zero-order valence-corrected chi connectivity index (χ0v) is 17.9. The van der Waals surface area contributed by atoms with Crippen LogP contribution in [0.1, 0.15) is 16.7 Å². The predicted octanol–water partition coefficient (Wildman–Crippen LogP) is 3.64. The number of imide groups is 2. The van der Waals surface area contributed by atoms with Gasteiger partial charge < -0.3 is 9.47 Å². The molecule has 1 heterocycles. The molecule has 0 spiro atoms. The molecule has 0 aromatic heterocycles. The summed E-state index contributed by atoms with van der Waals surface area (Å²) in [7, 11) is 1.42. The average Bonchev–Trinajstić information content (AvgIpc) is 2.69. The SMILES string of the molecule is C#CCOc1c(Cl)cc(/C=C2\C(=O)NC(=O)N(c3cc(C)cc(C)c3)C2=O)cc1OC. The van der Waals surface area contributed by atoms with E-state index in [4.69, 9.17) is 27.5 Å². The Morgan fingerprint density at radius 3 is 2.42 bits per heavy atom. The van der Waals surface area contributed by atoms with Crippen LogP contribution in [0.15, 0.2) is 35.9 Å². The lowest BCUT2D eigenvalue weighted by Crippen LogP contribution is -2.54. The number of aryl methyl sites for hydroxylation is 2. The van der Waals surface area contributed by atoms with Crippen LogP contribution in [-0.4, -0.2) is 31.6 Å². The van der Waals surface area contributed by atoms with Crippen LogP contribution in [0, 0.1) is 26.2 Å². The molecule has 7 nitrogen and oxygen atoms in total. The van der Waals surface area contributed by atoms with Gasteiger partial charge >= 0.3 is 6.03 Å². The Bertz CT molecular complexity index is 1140. The molecule has 0 atom stereocenters. The van der Waals surface area contributed by atoms with Gasteiger partial charge in [-0.3, -0.25) is 14.9 Å². The quantitative estimate of drug-likeness (QED) is 0.437. The number of rotatable bonds is 5. The number of benzene rings is 2. The summed E-state index contributed by atoms with van der Waals surface area (Å²) < 4.78 is 10.7. The predicted molar refractivity (Wildman–Crippen MR) is 117 cm³/mol. The summed E-state index contributed by atoms with van der Waals surface area (Å²) in [5, 5.41) is 2.39. The third kappa shape index (κ3) is 4.55. The second-order valence-corrected chi connectivity index (χ2v) is 7.24. The number of terminal acetylenes is 1. The normalized spacial score (nSPS) is 15.0. The van der Waals surface area contributed by atoms with Crippen molar-refractivity contribution in [3.8, 4) is 23.8 Å². The summed E-state index contributed by atoms with van der Waals surface area (Å²) in [4.78, 5) is 38.8. The van der Waals surface area contributed by atoms with Crippen molar-refractivity contribution in [1.82, 2.24) is 5.32 Å². The molecule has 4 amide bonds. The molecule has 0 unspecified atom stereocenters. The first-order valence-electron chi connectivity index (χ1n) is 9.18. The summed E-state index contributed by atoms with van der Waals surface area (Å²) in [5.41, 5.74) is 2.29. The van der Waals surface area contributed by atoms with Crippen molar-refractivity contribution >= 4 is 41.2 Å². The first-order chi connectivity index (χ1) is 14.7. The highest BCUT2D eigenvalue weighted by atomic mass is 35.5. The fourth-order valence-electron chi connectivity index (χ4n) is 3.22. The molecule has 2 aromatic rings. The standard InChI is InChI=1S/C23H19ClN2O5/c1-5-6-31-20-18(24)11-15(12-19(20)30-4)10-17-21(27)25-23(29)26(22(17)28)16-8-13(2)7-14(3)9-16/h1,7-12H,6H2,2-4H3,(H,25,27,29)/b17-10+. The van der Waals surface area contributed by atoms with Crippen molar-refractivity contribution in [2.75, 3.05) is 18.6 Å². The van der Waals surface area contributed by atoms with E-state index in [-0.39, 0.29) is 28.7 Å². The van der Waals surface area contributed by atoms with E-state index in [1.165, 1.54) is 19.3 Å². The summed E-state index contributed by atoms with van der Waals surface area (Å²) in [6.45, 7) is 3.69. The second-order valence-electron chi connectivity index (χ2n) is 6.83. The Balaban J connectivity index is 2.04. The summed E-state index contributed by atoms with van der Waals surface area (Å²) >= 11 is 6.27. The number of methoxy groups -OCH3 is 1. The molecule has 0 radical (unpaired) electrons. The highest BCUT2D eigenvalue weighted by Gasteiger charge is 2.37. The fourth-order valence-corrected chi connectivity index (χ4v) is 3.49. The highest BCUT2D eigenvalue weighted by Crippen LogP contribution is 2.37. The molecule has 31 heavy (non-hydrogen) atoms. The van der Waals surface area contributed by atoms with Crippen LogP contribution in [-0.2, 0) is 9.59 Å². The Morgan fingerprint density at radius 2 is 1.81 bits per heavy atom. The number of carbonyl (C=O) groups excluding carboxylic acids is 3. The van der Waals surface area contributed by atoms with Gasteiger partial charge in [-0.25, -0.2) is 9.69 Å². The van der Waals surface area contributed by atoms with Crippen LogP contribution in [0.3, 0.4) is 0 Å². The van der Waals surface area contributed by atoms with Crippen LogP contribution in [0.2, 0.25) is 5.02 Å². The number of ether oxygens (including phenoxy) is 2. The molecular formula is C23H19ClN2O5. The molecule has 1 aliphatic heterocycles. The number of carbonyl (C=O) groups is 3. The maximum atomic E-state index is 13.1. The summed E-state index contributed by atoms with van der Waals surface area (Å²) in [6.07, 6.45) is 6.54. The monoisotopic (exact) mass is 438 g/mol. The zero-order chi connectivity index (χ0) is 22.7. The third-order valence-corrected chi connectivity index (χ3v) is 4.71. The van der Waals surface area contributed by atoms with Crippen molar-refractivity contribution < 1.29 is 23.9 Å². The van der Waals surface area contributed by atoms with Gasteiger partial charge in [-0.1, -0.05) is 23.6 Å². The van der Waals surface area contributed by atoms with Crippen molar-refractivity contribution in [2.24, 2.45) is 0 Å². The van der Waals surface area contributed by atoms with Gasteiger partial charge in [-0.05, 0) is 60.9 Å². The van der Waals surface area contributed by atoms with Crippen LogP contribution in [0.5, 0.6) is 11.5 Å². The van der Waals surface area contributed by atoms with E-state index >= 15 is 0 Å². The van der Waals surface area contributed by atoms with E-state index in [9.17, 15) is 14.4 Å². The summed E-state index contributed by atoms with van der Waals surface area (Å²) in [6, 6.07) is 7.52. The third-order valence-electron chi connectivity index (χ3n) is 4.43. The van der Waals surface area contributed by atoms with E-state index < -0.39 is 17.8 Å². The average molecular weight is 439 g/mol. The van der Waals surface area contributed by atoms with Gasteiger partial charge in [0.2, 0.25) is 0 Å². The molecule has 1 fully saturated rings. The van der Waals surface area contributed by atoms with E-state index in [2.05, 4.69) is 11.2 Å². The molecule has 0 saturated carbocycles. The lowest BCUT2D eigenvalue weighted by molar-refractivity contribution is -0.122. The Labute approximate surface area is 184 Å². The van der Waals surface area contributed by atoms with Crippen LogP contribution in [0.4, 0.5) is 10.5 Å². The number of barbiturate groups is 1. The number of hydrogen-bond acceptors (Lipinski definition) is 5. The number of halogens is 1. The minimum atomic E-state index is -0.814. The van der Waals surface area contributed by atoms with Crippen molar-refractivity contribution in [3.05, 3.63) is 57.6 Å². The molecule has 0 bridgehead atoms. The number of anilines is 1. The number of amides is 4. The Morgan fingerprint density at radius 1 is 1.13 bits per heavy atom. The van der Waals surface area contributed by atoms with E-state index in [0.29, 0.717) is 11.3 Å². The minimum absolute atomic E-state index is 0.00954. The van der Waals surface area contributed by atoms with Crippen LogP contribution < -0.4 is 19.7 Å². The largest absolute Gasteiger partial charge is 0.493 e. The zero-order valence-electron chi connectivity index (χ0n) is 17.1. The maximum Gasteiger partial charge on any atom is 0.335 e. The first-order valence-corrected chi connectivity index (χ1v) is 9.56. The van der Waals surface area contributed by atoms with Crippen LogP contribution in [0.25, 0.3) is 6.08 Å². The Hall–Kier alpha value is -3.76. The smallest absolute Gasteiger partial charge is 0.335 e. The van der Waals surface area contributed by atoms with Gasteiger partial charge in [-0.2, -0.15) is 0 Å². The molecule has 1 N–H and O–H groups in total. The molecule has 158 valence electrons. The highest BCUT2D eigenvalue weighted by molar-refractivity contribution is 6.39. The van der Waals surface area contributed by atoms with Gasteiger partial charge in [0, 0.05) is 0 Å². The molecule has 1 aliphatic rings. The molecule has 0 aliphatic carbocycles. The van der Waals surface area contributed by atoms with Crippen molar-refractivity contribution in [2.45, 2.75) is 13.8 Å². The van der Waals surface area contributed by atoms with E-state index in [0.717, 1.165) is 16.0 Å². The number of nitrogens with one attached hydrogen (secondary N) is 1. The van der Waals surface area contributed by atoms with Gasteiger partial charge in [0.15, 0.2) is 11.5 Å². The van der Waals surface area contributed by atoms with Gasteiger partial charge in [0.05, 0.1) is 17.8 Å². The van der Waals surface area contributed by atoms with Crippen LogP contribution >= 0.6 is 11.6 Å². The van der Waals surface area contributed by atoms with E-state index in [1.54, 1.807) is 18.2 Å². The van der Waals surface area contributed by atoms with Gasteiger partial charge in [0.25, 0.3) is 11.8 Å². The molecule has 3 rings (SSSR count). The first kappa shape index (κ1) is 21.9. The lowest BCUT2D eigenvalue weighted by Gasteiger charge is -2.27. The molecule has 2 aromatic carbocycles. The minimum Gasteiger partial charge on any atom is -0.493 e. The topological polar surface area (TPSA) is 84.9 Å². The second kappa shape index (κ2) is 8.94. The number of hydrogen-bond donors (Lipinski definition) is 1. The van der Waals surface area contributed by atoms with Crippen molar-refractivity contribution in [3.63, 3.8) is 0 Å². The summed E-state index contributed by atoms with van der Waals surface area (Å²) in [5.74, 6) is 1.30. The Kier molecular flexibility index (Phi) is 6.33.